The molecule has 1 aliphatic carbocycles. The highest BCUT2D eigenvalue weighted by atomic mass is 32.2. The minimum absolute atomic E-state index is 0. The van der Waals surface area contributed by atoms with E-state index in [0.717, 1.165) is 22.8 Å². The van der Waals surface area contributed by atoms with E-state index in [9.17, 15) is 22.6 Å². The number of nitrogens with two attached hydrogens (primary N) is 1. The summed E-state index contributed by atoms with van der Waals surface area (Å²) in [5.41, 5.74) is 9.16. The first-order chi connectivity index (χ1) is 14.5. The molecule has 0 radical (unpaired) electrons. The highest BCUT2D eigenvalue weighted by Gasteiger charge is 2.36. The van der Waals surface area contributed by atoms with Crippen LogP contribution in [0.2, 0.25) is 0 Å². The van der Waals surface area contributed by atoms with E-state index < -0.39 is 32.3 Å². The van der Waals surface area contributed by atoms with Gasteiger partial charge >= 0.3 is 0 Å². The second kappa shape index (κ2) is 7.89. The lowest BCUT2D eigenvalue weighted by atomic mass is 9.82. The van der Waals surface area contributed by atoms with Crippen LogP contribution in [0.1, 0.15) is 56.0 Å². The first kappa shape index (κ1) is 23.2. The van der Waals surface area contributed by atoms with Crippen molar-refractivity contribution in [1.82, 2.24) is 0 Å². The molecular formula is C24H24N2O5S. The molecule has 166 valence electrons. The Morgan fingerprint density at radius 2 is 1.38 bits per heavy atom. The predicted octanol–water partition coefficient (Wildman–Crippen LogP) is 4.60. The van der Waals surface area contributed by atoms with Gasteiger partial charge < -0.3 is 11.1 Å². The normalized spacial score (nSPS) is 12.6. The monoisotopic (exact) mass is 452 g/mol. The Morgan fingerprint density at radius 3 is 1.88 bits per heavy atom. The second-order valence-electron chi connectivity index (χ2n) is 7.66. The van der Waals surface area contributed by atoms with Crippen LogP contribution in [0.3, 0.4) is 0 Å². The second-order valence-corrected chi connectivity index (χ2v) is 9.05. The van der Waals surface area contributed by atoms with Gasteiger partial charge in [0, 0.05) is 16.8 Å². The van der Waals surface area contributed by atoms with Crippen LogP contribution >= 0.6 is 0 Å². The van der Waals surface area contributed by atoms with Gasteiger partial charge in [-0.25, -0.2) is 0 Å². The predicted molar refractivity (Wildman–Crippen MR) is 125 cm³/mol. The first-order valence-corrected chi connectivity index (χ1v) is 10.9. The molecule has 0 spiro atoms. The molecule has 0 aliphatic heterocycles. The molecule has 4 rings (SSSR count). The van der Waals surface area contributed by atoms with Crippen LogP contribution in [0.25, 0.3) is 0 Å². The molecular weight excluding hydrogens is 428 g/mol. The van der Waals surface area contributed by atoms with Crippen LogP contribution in [0, 0.1) is 20.8 Å². The molecule has 1 aliphatic rings. The van der Waals surface area contributed by atoms with E-state index in [1.165, 1.54) is 12.1 Å². The van der Waals surface area contributed by atoms with Crippen molar-refractivity contribution in [2.75, 3.05) is 11.1 Å². The van der Waals surface area contributed by atoms with E-state index in [1.807, 2.05) is 32.9 Å². The van der Waals surface area contributed by atoms with Gasteiger partial charge in [0.05, 0.1) is 22.5 Å². The quantitative estimate of drug-likeness (QED) is 0.306. The SMILES string of the molecule is C.Cc1cc(C)c(Nc2cc(S(=O)(=O)O)c(N)c3c2C(=O)c2ccccc2C3=O)c(C)c1. The summed E-state index contributed by atoms with van der Waals surface area (Å²) in [5, 5.41) is 3.11. The van der Waals surface area contributed by atoms with Gasteiger partial charge in [-0.2, -0.15) is 8.42 Å². The number of carbonyl (C=O) groups excluding carboxylic acids is 2. The molecule has 0 saturated carbocycles. The van der Waals surface area contributed by atoms with Gasteiger partial charge in [-0.1, -0.05) is 49.4 Å². The molecule has 8 heteroatoms. The summed E-state index contributed by atoms with van der Waals surface area (Å²) in [4.78, 5) is 25.9. The number of carbonyl (C=O) groups is 2. The summed E-state index contributed by atoms with van der Waals surface area (Å²) in [6.45, 7) is 5.69. The molecule has 7 nitrogen and oxygen atoms in total. The van der Waals surface area contributed by atoms with Crippen molar-refractivity contribution in [2.24, 2.45) is 0 Å². The summed E-state index contributed by atoms with van der Waals surface area (Å²) in [7, 11) is -4.76. The zero-order valence-electron chi connectivity index (χ0n) is 17.1. The summed E-state index contributed by atoms with van der Waals surface area (Å²) < 4.78 is 33.7. The summed E-state index contributed by atoms with van der Waals surface area (Å²) in [5.74, 6) is -1.03. The number of ketones is 2. The third-order valence-corrected chi connectivity index (χ3v) is 6.31. The Bertz CT molecular complexity index is 1390. The molecule has 4 N–H and O–H groups in total. The van der Waals surface area contributed by atoms with Crippen LogP contribution in [0.5, 0.6) is 0 Å². The number of aryl methyl sites for hydroxylation is 3. The average Bonchev–Trinajstić information content (AvgIpc) is 2.68. The van der Waals surface area contributed by atoms with E-state index in [-0.39, 0.29) is 35.4 Å². The Hall–Kier alpha value is -3.49. The Balaban J connectivity index is 0.00000289. The maximum absolute atomic E-state index is 13.3. The van der Waals surface area contributed by atoms with Crippen LogP contribution in [-0.2, 0) is 10.1 Å². The van der Waals surface area contributed by atoms with Crippen LogP contribution < -0.4 is 11.1 Å². The van der Waals surface area contributed by atoms with Crippen molar-refractivity contribution in [2.45, 2.75) is 33.1 Å². The molecule has 0 aromatic heterocycles. The molecule has 3 aromatic carbocycles. The molecule has 0 atom stereocenters. The Labute approximate surface area is 187 Å². The van der Waals surface area contributed by atoms with Gasteiger partial charge in [-0.05, 0) is 38.0 Å². The summed E-state index contributed by atoms with van der Waals surface area (Å²) in [6, 6.07) is 11.2. The van der Waals surface area contributed by atoms with Gasteiger partial charge in [0.2, 0.25) is 0 Å². The van der Waals surface area contributed by atoms with E-state index in [0.29, 0.717) is 5.69 Å². The topological polar surface area (TPSA) is 127 Å². The minimum Gasteiger partial charge on any atom is -0.397 e. The number of nitrogen functional groups attached to an aromatic ring is 1. The smallest absolute Gasteiger partial charge is 0.296 e. The summed E-state index contributed by atoms with van der Waals surface area (Å²) >= 11 is 0. The molecule has 0 unspecified atom stereocenters. The van der Waals surface area contributed by atoms with Crippen molar-refractivity contribution in [3.8, 4) is 0 Å². The van der Waals surface area contributed by atoms with Crippen molar-refractivity contribution < 1.29 is 22.6 Å². The van der Waals surface area contributed by atoms with Gasteiger partial charge in [0.1, 0.15) is 4.90 Å². The zero-order chi connectivity index (χ0) is 22.7. The van der Waals surface area contributed by atoms with Crippen LogP contribution in [-0.4, -0.2) is 24.5 Å². The molecule has 0 fully saturated rings. The fourth-order valence-electron chi connectivity index (χ4n) is 4.12. The number of anilines is 3. The molecule has 32 heavy (non-hydrogen) atoms. The number of hydrogen-bond acceptors (Lipinski definition) is 6. The van der Waals surface area contributed by atoms with E-state index in [2.05, 4.69) is 5.32 Å². The van der Waals surface area contributed by atoms with E-state index in [4.69, 9.17) is 5.73 Å². The molecule has 0 saturated heterocycles. The zero-order valence-corrected chi connectivity index (χ0v) is 17.9. The number of rotatable bonds is 3. The van der Waals surface area contributed by atoms with Crippen LogP contribution in [0.15, 0.2) is 47.4 Å². The van der Waals surface area contributed by atoms with Gasteiger partial charge in [-0.15, -0.1) is 0 Å². The Kier molecular flexibility index (Phi) is 5.71. The van der Waals surface area contributed by atoms with Crippen molar-refractivity contribution >= 4 is 38.7 Å². The molecule has 0 amide bonds. The fraction of sp³-hybridized carbons (Fsp3) is 0.167. The molecule has 0 heterocycles. The van der Waals surface area contributed by atoms with E-state index >= 15 is 0 Å². The van der Waals surface area contributed by atoms with Crippen LogP contribution in [0.4, 0.5) is 17.1 Å². The lowest BCUT2D eigenvalue weighted by Gasteiger charge is -2.24. The lowest BCUT2D eigenvalue weighted by molar-refractivity contribution is 0.0980. The van der Waals surface area contributed by atoms with E-state index in [1.54, 1.807) is 12.1 Å². The third-order valence-electron chi connectivity index (χ3n) is 5.41. The minimum atomic E-state index is -4.76. The summed E-state index contributed by atoms with van der Waals surface area (Å²) in [6.07, 6.45) is 0. The fourth-order valence-corrected chi connectivity index (χ4v) is 4.76. The number of benzene rings is 3. The standard InChI is InChI=1S/C23H20N2O5S.CH4/c1-11-8-12(2)21(13(3)9-11)25-16-10-17(31(28,29)30)20(24)19-18(16)22(26)14-6-4-5-7-15(14)23(19)27;/h4-10,25H,24H2,1-3H3,(H,28,29,30);1H4. The number of nitrogens with one attached hydrogen (secondary N) is 1. The first-order valence-electron chi connectivity index (χ1n) is 9.48. The lowest BCUT2D eigenvalue weighted by Crippen LogP contribution is -2.25. The largest absolute Gasteiger partial charge is 0.397 e. The maximum Gasteiger partial charge on any atom is 0.296 e. The van der Waals surface area contributed by atoms with Gasteiger partial charge in [0.15, 0.2) is 11.6 Å². The maximum atomic E-state index is 13.3. The van der Waals surface area contributed by atoms with Crippen molar-refractivity contribution in [1.29, 1.82) is 0 Å². The number of fused-ring (bicyclic) bond motifs is 2. The molecule has 0 bridgehead atoms. The van der Waals surface area contributed by atoms with Crippen molar-refractivity contribution in [3.05, 3.63) is 81.4 Å². The Morgan fingerprint density at radius 1 is 0.875 bits per heavy atom. The highest BCUT2D eigenvalue weighted by molar-refractivity contribution is 7.86. The third kappa shape index (κ3) is 3.57. The van der Waals surface area contributed by atoms with Crippen molar-refractivity contribution in [3.63, 3.8) is 0 Å². The molecule has 3 aromatic rings. The van der Waals surface area contributed by atoms with Gasteiger partial charge in [0.25, 0.3) is 10.1 Å². The van der Waals surface area contributed by atoms with Gasteiger partial charge in [-0.3, -0.25) is 14.1 Å². The highest BCUT2D eigenvalue weighted by Crippen LogP contribution is 2.40. The average molecular weight is 453 g/mol. The number of hydrogen-bond donors (Lipinski definition) is 3.